The summed E-state index contributed by atoms with van der Waals surface area (Å²) in [5.74, 6) is 0.781. The van der Waals surface area contributed by atoms with Crippen LogP contribution in [0, 0.1) is 13.8 Å². The van der Waals surface area contributed by atoms with E-state index in [0.29, 0.717) is 0 Å². The first-order valence-electron chi connectivity index (χ1n) is 7.09. The molecule has 2 heterocycles. The van der Waals surface area contributed by atoms with Crippen molar-refractivity contribution in [2.45, 2.75) is 13.8 Å². The Bertz CT molecular complexity index is 810. The third-order valence-electron chi connectivity index (χ3n) is 3.51. The molecule has 1 aromatic carbocycles. The Hall–Kier alpha value is -2.53. The van der Waals surface area contributed by atoms with Crippen LogP contribution in [0.1, 0.15) is 11.4 Å². The second-order valence-corrected chi connectivity index (χ2v) is 5.33. The van der Waals surface area contributed by atoms with E-state index >= 15 is 0 Å². The van der Waals surface area contributed by atoms with E-state index < -0.39 is 0 Å². The van der Waals surface area contributed by atoms with Crippen LogP contribution in [0.3, 0.4) is 0 Å². The lowest BCUT2D eigenvalue weighted by molar-refractivity contribution is -0.00148. The van der Waals surface area contributed by atoms with E-state index in [1.54, 1.807) is 17.6 Å². The summed E-state index contributed by atoms with van der Waals surface area (Å²) in [4.78, 5) is 18.9. The van der Waals surface area contributed by atoms with Gasteiger partial charge in [-0.3, -0.25) is 4.98 Å². The van der Waals surface area contributed by atoms with Gasteiger partial charge in [-0.1, -0.05) is 0 Å². The SMILES string of the molecule is Cc1ncnc(C)c1-c1ccc(ON(C)C)c2cccnc12. The molecule has 3 rings (SSSR count). The second-order valence-electron chi connectivity index (χ2n) is 5.33. The number of hydrogen-bond donors (Lipinski definition) is 0. The molecular formula is C17H18N4O. The highest BCUT2D eigenvalue weighted by Crippen LogP contribution is 2.35. The number of nitrogens with zero attached hydrogens (tertiary/aromatic N) is 4. The molecule has 0 aliphatic rings. The Balaban J connectivity index is 2.29. The molecule has 5 heteroatoms. The topological polar surface area (TPSA) is 51.1 Å². The number of aromatic nitrogens is 3. The predicted octanol–water partition coefficient (Wildman–Crippen LogP) is 3.16. The average molecular weight is 294 g/mol. The van der Waals surface area contributed by atoms with Crippen LogP contribution in [0.2, 0.25) is 0 Å². The standard InChI is InChI=1S/C17H18N4O/c1-11-16(12(2)20-10-19-11)14-7-8-15(22-21(3)4)13-6-5-9-18-17(13)14/h5-10H,1-4H3. The van der Waals surface area contributed by atoms with Gasteiger partial charge in [-0.2, -0.15) is 5.06 Å². The van der Waals surface area contributed by atoms with Gasteiger partial charge in [0, 0.05) is 48.2 Å². The van der Waals surface area contributed by atoms with Crippen molar-refractivity contribution in [3.05, 3.63) is 48.2 Å². The van der Waals surface area contributed by atoms with Gasteiger partial charge in [-0.05, 0) is 38.1 Å². The van der Waals surface area contributed by atoms with E-state index in [1.807, 2.05) is 52.2 Å². The van der Waals surface area contributed by atoms with Crippen molar-refractivity contribution >= 4 is 10.9 Å². The molecule has 0 saturated carbocycles. The molecule has 3 aromatic rings. The first kappa shape index (κ1) is 14.4. The second kappa shape index (κ2) is 5.69. The zero-order chi connectivity index (χ0) is 15.7. The molecule has 0 unspecified atom stereocenters. The number of benzene rings is 1. The normalized spacial score (nSPS) is 11.1. The van der Waals surface area contributed by atoms with Crippen molar-refractivity contribution in [1.82, 2.24) is 20.0 Å². The largest absolute Gasteiger partial charge is 0.406 e. The summed E-state index contributed by atoms with van der Waals surface area (Å²) >= 11 is 0. The fourth-order valence-corrected chi connectivity index (χ4v) is 2.61. The maximum atomic E-state index is 5.74. The van der Waals surface area contributed by atoms with E-state index in [9.17, 15) is 0 Å². The molecule has 0 fully saturated rings. The fraction of sp³-hybridized carbons (Fsp3) is 0.235. The molecule has 0 spiro atoms. The quantitative estimate of drug-likeness (QED) is 0.694. The third-order valence-corrected chi connectivity index (χ3v) is 3.51. The first-order valence-corrected chi connectivity index (χ1v) is 7.09. The highest BCUT2D eigenvalue weighted by Gasteiger charge is 2.15. The lowest BCUT2D eigenvalue weighted by Crippen LogP contribution is -2.16. The molecule has 2 aromatic heterocycles. The summed E-state index contributed by atoms with van der Waals surface area (Å²) in [6.07, 6.45) is 3.38. The highest BCUT2D eigenvalue weighted by atomic mass is 16.7. The van der Waals surface area contributed by atoms with E-state index in [-0.39, 0.29) is 0 Å². The van der Waals surface area contributed by atoms with Crippen LogP contribution < -0.4 is 4.84 Å². The molecule has 112 valence electrons. The fourth-order valence-electron chi connectivity index (χ4n) is 2.61. The number of fused-ring (bicyclic) bond motifs is 1. The van der Waals surface area contributed by atoms with Gasteiger partial charge >= 0.3 is 0 Å². The molecule has 22 heavy (non-hydrogen) atoms. The Morgan fingerprint density at radius 1 is 0.955 bits per heavy atom. The van der Waals surface area contributed by atoms with Gasteiger partial charge < -0.3 is 4.84 Å². The monoisotopic (exact) mass is 294 g/mol. The molecule has 0 atom stereocenters. The molecule has 0 aliphatic heterocycles. The summed E-state index contributed by atoms with van der Waals surface area (Å²) in [6.45, 7) is 3.98. The summed E-state index contributed by atoms with van der Waals surface area (Å²) in [5, 5.41) is 2.64. The zero-order valence-corrected chi connectivity index (χ0v) is 13.2. The summed E-state index contributed by atoms with van der Waals surface area (Å²) in [7, 11) is 3.71. The van der Waals surface area contributed by atoms with Gasteiger partial charge in [0.1, 0.15) is 6.33 Å². The van der Waals surface area contributed by atoms with Gasteiger partial charge in [-0.25, -0.2) is 9.97 Å². The Morgan fingerprint density at radius 2 is 1.68 bits per heavy atom. The van der Waals surface area contributed by atoms with Crippen LogP contribution >= 0.6 is 0 Å². The van der Waals surface area contributed by atoms with Gasteiger partial charge in [0.2, 0.25) is 0 Å². The Morgan fingerprint density at radius 3 is 2.36 bits per heavy atom. The minimum atomic E-state index is 0.781. The molecule has 0 N–H and O–H groups in total. The maximum Gasteiger partial charge on any atom is 0.156 e. The molecule has 0 amide bonds. The lowest BCUT2D eigenvalue weighted by atomic mass is 9.99. The summed E-state index contributed by atoms with van der Waals surface area (Å²) in [5.41, 5.74) is 4.84. The van der Waals surface area contributed by atoms with Crippen LogP contribution in [-0.4, -0.2) is 34.1 Å². The number of rotatable bonds is 3. The number of pyridine rings is 1. The van der Waals surface area contributed by atoms with Crippen molar-refractivity contribution in [3.63, 3.8) is 0 Å². The van der Waals surface area contributed by atoms with Crippen LogP contribution in [0.25, 0.3) is 22.0 Å². The Labute approximate surface area is 129 Å². The summed E-state index contributed by atoms with van der Waals surface area (Å²) in [6, 6.07) is 7.91. The molecule has 0 bridgehead atoms. The van der Waals surface area contributed by atoms with E-state index in [1.165, 1.54) is 0 Å². The highest BCUT2D eigenvalue weighted by molar-refractivity contribution is 5.98. The average Bonchev–Trinajstić information content (AvgIpc) is 2.48. The van der Waals surface area contributed by atoms with Crippen LogP contribution in [-0.2, 0) is 0 Å². The molecule has 0 aliphatic carbocycles. The molecule has 5 nitrogen and oxygen atoms in total. The molecule has 0 radical (unpaired) electrons. The van der Waals surface area contributed by atoms with Crippen molar-refractivity contribution in [2.75, 3.05) is 14.1 Å². The molecular weight excluding hydrogens is 276 g/mol. The van der Waals surface area contributed by atoms with Crippen molar-refractivity contribution in [1.29, 1.82) is 0 Å². The first-order chi connectivity index (χ1) is 10.6. The smallest absolute Gasteiger partial charge is 0.156 e. The summed E-state index contributed by atoms with van der Waals surface area (Å²) < 4.78 is 0. The van der Waals surface area contributed by atoms with Gasteiger partial charge in [0.05, 0.1) is 5.52 Å². The number of hydrogen-bond acceptors (Lipinski definition) is 5. The lowest BCUT2D eigenvalue weighted by Gasteiger charge is -2.16. The third kappa shape index (κ3) is 2.51. The van der Waals surface area contributed by atoms with Gasteiger partial charge in [0.15, 0.2) is 5.75 Å². The van der Waals surface area contributed by atoms with E-state index in [4.69, 9.17) is 4.84 Å². The van der Waals surface area contributed by atoms with Gasteiger partial charge in [0.25, 0.3) is 0 Å². The van der Waals surface area contributed by atoms with E-state index in [0.717, 1.165) is 39.2 Å². The van der Waals surface area contributed by atoms with Crippen molar-refractivity contribution < 1.29 is 4.84 Å². The van der Waals surface area contributed by atoms with Crippen LogP contribution in [0.15, 0.2) is 36.8 Å². The predicted molar refractivity (Wildman–Crippen MR) is 86.6 cm³/mol. The maximum absolute atomic E-state index is 5.74. The van der Waals surface area contributed by atoms with Gasteiger partial charge in [-0.15, -0.1) is 0 Å². The minimum Gasteiger partial charge on any atom is -0.406 e. The van der Waals surface area contributed by atoms with Crippen molar-refractivity contribution in [2.24, 2.45) is 0 Å². The van der Waals surface area contributed by atoms with E-state index in [2.05, 4.69) is 15.0 Å². The minimum absolute atomic E-state index is 0.781. The Kier molecular flexibility index (Phi) is 3.73. The van der Waals surface area contributed by atoms with Crippen LogP contribution in [0.4, 0.5) is 0 Å². The zero-order valence-electron chi connectivity index (χ0n) is 13.2. The van der Waals surface area contributed by atoms with Crippen LogP contribution in [0.5, 0.6) is 5.75 Å². The number of aryl methyl sites for hydroxylation is 2. The molecule has 0 saturated heterocycles. The van der Waals surface area contributed by atoms with Crippen molar-refractivity contribution in [3.8, 4) is 16.9 Å². The number of hydroxylamine groups is 2.